The van der Waals surface area contributed by atoms with Gasteiger partial charge >= 0.3 is 0 Å². The highest BCUT2D eigenvalue weighted by atomic mass is 32.1. The minimum absolute atomic E-state index is 0.631. The van der Waals surface area contributed by atoms with Gasteiger partial charge in [-0.2, -0.15) is 0 Å². The first kappa shape index (κ1) is 28.9. The average molecular weight is 693 g/mol. The lowest BCUT2D eigenvalue weighted by Crippen LogP contribution is -1.94. The van der Waals surface area contributed by atoms with Crippen LogP contribution in [0, 0.1) is 0 Å². The van der Waals surface area contributed by atoms with E-state index < -0.39 is 0 Å². The Bertz CT molecular complexity index is 3460. The Morgan fingerprint density at radius 3 is 1.94 bits per heavy atom. The third kappa shape index (κ3) is 4.07. The van der Waals surface area contributed by atoms with Crippen molar-refractivity contribution in [3.63, 3.8) is 0 Å². The van der Waals surface area contributed by atoms with Crippen LogP contribution >= 0.6 is 11.3 Å². The highest BCUT2D eigenvalue weighted by molar-refractivity contribution is 7.26. The molecule has 0 spiro atoms. The largest absolute Gasteiger partial charge is 0.436 e. The molecule has 3 heterocycles. The summed E-state index contributed by atoms with van der Waals surface area (Å²) in [6.07, 6.45) is 0. The van der Waals surface area contributed by atoms with Crippen LogP contribution in [0.15, 0.2) is 174 Å². The first-order chi connectivity index (χ1) is 26.3. The van der Waals surface area contributed by atoms with Gasteiger partial charge in [-0.15, -0.1) is 11.3 Å². The Balaban J connectivity index is 1.19. The minimum atomic E-state index is 0.631. The van der Waals surface area contributed by atoms with E-state index in [1.807, 2.05) is 11.3 Å². The zero-order valence-corrected chi connectivity index (χ0v) is 29.2. The monoisotopic (exact) mass is 692 g/mol. The zero-order valence-electron chi connectivity index (χ0n) is 28.4. The molecule has 0 saturated carbocycles. The van der Waals surface area contributed by atoms with Crippen molar-refractivity contribution in [3.05, 3.63) is 170 Å². The number of oxazole rings is 1. The summed E-state index contributed by atoms with van der Waals surface area (Å²) in [5, 5.41) is 12.0. The summed E-state index contributed by atoms with van der Waals surface area (Å²) in [6, 6.07) is 61.1. The molecule has 0 N–H and O–H groups in total. The topological polar surface area (TPSA) is 31.0 Å². The number of para-hydroxylation sites is 2. The number of rotatable bonds is 3. The lowest BCUT2D eigenvalue weighted by atomic mass is 9.92. The molecule has 0 saturated heterocycles. The van der Waals surface area contributed by atoms with Gasteiger partial charge in [-0.1, -0.05) is 127 Å². The number of hydrogen-bond acceptors (Lipinski definition) is 3. The highest BCUT2D eigenvalue weighted by Crippen LogP contribution is 2.48. The normalized spacial score (nSPS) is 12.2. The van der Waals surface area contributed by atoms with Gasteiger partial charge in [0.15, 0.2) is 5.58 Å². The summed E-state index contributed by atoms with van der Waals surface area (Å²) >= 11 is 1.84. The molecule has 0 aliphatic heterocycles. The Morgan fingerprint density at radius 2 is 1.11 bits per heavy atom. The molecule has 12 aromatic rings. The molecular formula is C49H28N2OS. The molecule has 0 bridgehead atoms. The molecule has 0 aliphatic rings. The predicted molar refractivity (Wildman–Crippen MR) is 225 cm³/mol. The number of aromatic nitrogens is 2. The van der Waals surface area contributed by atoms with Gasteiger partial charge < -0.3 is 8.98 Å². The van der Waals surface area contributed by atoms with Gasteiger partial charge in [-0.25, -0.2) is 4.98 Å². The molecule has 0 fully saturated rings. The fraction of sp³-hybridized carbons (Fsp3) is 0. The van der Waals surface area contributed by atoms with Crippen LogP contribution in [0.4, 0.5) is 0 Å². The van der Waals surface area contributed by atoms with Gasteiger partial charge in [-0.3, -0.25) is 0 Å². The maximum atomic E-state index is 6.99. The van der Waals surface area contributed by atoms with Crippen molar-refractivity contribution >= 4 is 96.7 Å². The Hall–Kier alpha value is -6.75. The van der Waals surface area contributed by atoms with Crippen LogP contribution in [0.3, 0.4) is 0 Å². The highest BCUT2D eigenvalue weighted by Gasteiger charge is 2.24. The van der Waals surface area contributed by atoms with E-state index in [0.717, 1.165) is 38.5 Å². The maximum Gasteiger partial charge on any atom is 0.227 e. The molecule has 0 radical (unpaired) electrons. The fourth-order valence-electron chi connectivity index (χ4n) is 8.71. The van der Waals surface area contributed by atoms with Crippen LogP contribution in [0.5, 0.6) is 0 Å². The SMILES string of the molecule is c1ccc(-n2c3ccccc3c3cc(-c4nc5c(cc(-c6cc7ccccc7c7ccccc67)c6sc7ccccc7c65)o4)c4ccccc4c32)cc1. The number of fused-ring (bicyclic) bond motifs is 13. The van der Waals surface area contributed by atoms with Crippen molar-refractivity contribution < 1.29 is 4.42 Å². The van der Waals surface area contributed by atoms with E-state index in [9.17, 15) is 0 Å². The third-order valence-corrected chi connectivity index (χ3v) is 12.2. The van der Waals surface area contributed by atoms with Crippen LogP contribution in [0.2, 0.25) is 0 Å². The molecular weight excluding hydrogens is 665 g/mol. The van der Waals surface area contributed by atoms with Gasteiger partial charge in [0.25, 0.3) is 0 Å². The van der Waals surface area contributed by atoms with E-state index in [1.54, 1.807) is 0 Å². The minimum Gasteiger partial charge on any atom is -0.436 e. The van der Waals surface area contributed by atoms with E-state index >= 15 is 0 Å². The second-order valence-corrected chi connectivity index (χ2v) is 14.9. The second kappa shape index (κ2) is 10.9. The Morgan fingerprint density at radius 1 is 0.472 bits per heavy atom. The molecule has 0 unspecified atom stereocenters. The van der Waals surface area contributed by atoms with Crippen molar-refractivity contribution in [1.82, 2.24) is 9.55 Å². The van der Waals surface area contributed by atoms with Crippen molar-refractivity contribution in [2.24, 2.45) is 0 Å². The van der Waals surface area contributed by atoms with Crippen molar-refractivity contribution in [3.8, 4) is 28.3 Å². The fourth-order valence-corrected chi connectivity index (χ4v) is 9.95. The predicted octanol–water partition coefficient (Wildman–Crippen LogP) is 14.1. The number of nitrogens with zero attached hydrogens (tertiary/aromatic N) is 2. The van der Waals surface area contributed by atoms with Crippen LogP contribution in [0.1, 0.15) is 0 Å². The maximum absolute atomic E-state index is 6.99. The van der Waals surface area contributed by atoms with E-state index in [4.69, 9.17) is 9.40 Å². The number of benzene rings is 9. The Labute approximate surface area is 307 Å². The van der Waals surface area contributed by atoms with Gasteiger partial charge in [0.05, 0.1) is 11.0 Å². The average Bonchev–Trinajstić information content (AvgIpc) is 3.92. The van der Waals surface area contributed by atoms with Gasteiger partial charge in [0.1, 0.15) is 5.52 Å². The van der Waals surface area contributed by atoms with Crippen LogP contribution in [0.25, 0.3) is 114 Å². The zero-order chi connectivity index (χ0) is 34.6. The first-order valence-electron chi connectivity index (χ1n) is 18.0. The molecule has 53 heavy (non-hydrogen) atoms. The summed E-state index contributed by atoms with van der Waals surface area (Å²) in [5.74, 6) is 0.631. The lowest BCUT2D eigenvalue weighted by Gasteiger charge is -2.12. The van der Waals surface area contributed by atoms with Crippen LogP contribution in [-0.2, 0) is 0 Å². The number of hydrogen-bond donors (Lipinski definition) is 0. The third-order valence-electron chi connectivity index (χ3n) is 11.0. The van der Waals surface area contributed by atoms with E-state index in [0.29, 0.717) is 5.89 Å². The van der Waals surface area contributed by atoms with Crippen molar-refractivity contribution in [2.75, 3.05) is 0 Å². The first-order valence-corrected chi connectivity index (χ1v) is 18.8. The Kier molecular flexibility index (Phi) is 5.93. The summed E-state index contributed by atoms with van der Waals surface area (Å²) in [4.78, 5) is 5.42. The van der Waals surface area contributed by atoms with E-state index in [-0.39, 0.29) is 0 Å². The number of thiophene rings is 1. The van der Waals surface area contributed by atoms with Crippen LogP contribution in [-0.4, -0.2) is 9.55 Å². The molecule has 9 aromatic carbocycles. The molecule has 0 atom stereocenters. The molecule has 3 aromatic heterocycles. The molecule has 12 rings (SSSR count). The van der Waals surface area contributed by atoms with E-state index in [2.05, 4.69) is 174 Å². The summed E-state index contributed by atoms with van der Waals surface area (Å²) < 4.78 is 11.9. The van der Waals surface area contributed by atoms with Crippen molar-refractivity contribution in [2.45, 2.75) is 0 Å². The molecule has 4 heteroatoms. The van der Waals surface area contributed by atoms with Gasteiger partial charge in [0.2, 0.25) is 5.89 Å². The lowest BCUT2D eigenvalue weighted by molar-refractivity contribution is 0.621. The molecule has 0 amide bonds. The summed E-state index contributed by atoms with van der Waals surface area (Å²) in [7, 11) is 0. The van der Waals surface area contributed by atoms with Gasteiger partial charge in [-0.05, 0) is 75.0 Å². The van der Waals surface area contributed by atoms with Crippen molar-refractivity contribution in [1.29, 1.82) is 0 Å². The summed E-state index contributed by atoms with van der Waals surface area (Å²) in [6.45, 7) is 0. The van der Waals surface area contributed by atoms with Crippen LogP contribution < -0.4 is 0 Å². The van der Waals surface area contributed by atoms with Gasteiger partial charge in [0, 0.05) is 53.1 Å². The molecule has 3 nitrogen and oxygen atoms in total. The smallest absolute Gasteiger partial charge is 0.227 e. The molecule has 0 aliphatic carbocycles. The second-order valence-electron chi connectivity index (χ2n) is 13.8. The quantitative estimate of drug-likeness (QED) is 0.173. The van der Waals surface area contributed by atoms with E-state index in [1.165, 1.54) is 69.3 Å². The standard InChI is InChI=1S/C49H28N2OS/c1-2-15-30(16-3-1)51-42-24-12-10-21-35(42)39-27-41(34-20-8-9-22-36(34)47(39)51)49-50-46-43(52-49)28-40(48-45(46)37-23-11-13-25-44(37)53-48)38-26-29-14-4-5-17-31(29)32-18-6-7-19-33(32)38/h1-28H. The summed E-state index contributed by atoms with van der Waals surface area (Å²) in [5.41, 5.74) is 8.55. The molecule has 246 valence electrons.